The first-order chi connectivity index (χ1) is 7.95. The van der Waals surface area contributed by atoms with E-state index in [0.29, 0.717) is 12.4 Å². The fourth-order valence-corrected chi connectivity index (χ4v) is 1.18. The van der Waals surface area contributed by atoms with Gasteiger partial charge in [0.05, 0.1) is 12.0 Å². The maximum atomic E-state index is 12.7. The van der Waals surface area contributed by atoms with Gasteiger partial charge in [0.15, 0.2) is 0 Å². The summed E-state index contributed by atoms with van der Waals surface area (Å²) in [6.07, 6.45) is 0. The fourth-order valence-electron chi connectivity index (χ4n) is 1.18. The summed E-state index contributed by atoms with van der Waals surface area (Å²) >= 11 is 0. The summed E-state index contributed by atoms with van der Waals surface area (Å²) in [6, 6.07) is 5.67. The predicted molar refractivity (Wildman–Crippen MR) is 62.3 cm³/mol. The highest BCUT2D eigenvalue weighted by molar-refractivity contribution is 5.76. The predicted octanol–water partition coefficient (Wildman–Crippen LogP) is 2.79. The summed E-state index contributed by atoms with van der Waals surface area (Å²) in [5.74, 6) is -0.0899. The number of hydrogen-bond acceptors (Lipinski definition) is 3. The van der Waals surface area contributed by atoms with Crippen LogP contribution in [0, 0.1) is 11.2 Å². The van der Waals surface area contributed by atoms with E-state index in [1.165, 1.54) is 24.3 Å². The normalized spacial score (nSPS) is 11.1. The molecule has 0 aliphatic heterocycles. The van der Waals surface area contributed by atoms with E-state index < -0.39 is 5.41 Å². The summed E-state index contributed by atoms with van der Waals surface area (Å²) in [6.45, 7) is 5.79. The first-order valence-corrected chi connectivity index (χ1v) is 5.51. The van der Waals surface area contributed by atoms with Gasteiger partial charge < -0.3 is 9.47 Å². The summed E-state index contributed by atoms with van der Waals surface area (Å²) < 4.78 is 23.0. The molecular formula is C13H17FO3. The number of ether oxygens (including phenoxy) is 2. The number of benzene rings is 1. The molecule has 94 valence electrons. The Balaban J connectivity index is 2.54. The van der Waals surface area contributed by atoms with Crippen LogP contribution in [0.15, 0.2) is 24.3 Å². The van der Waals surface area contributed by atoms with Crippen LogP contribution in [-0.2, 0) is 9.53 Å². The minimum Gasteiger partial charge on any atom is -0.492 e. The largest absolute Gasteiger partial charge is 0.492 e. The second-order valence-electron chi connectivity index (χ2n) is 4.35. The molecule has 3 nitrogen and oxygen atoms in total. The van der Waals surface area contributed by atoms with Crippen molar-refractivity contribution in [3.63, 3.8) is 0 Å². The van der Waals surface area contributed by atoms with Crippen molar-refractivity contribution in [1.29, 1.82) is 0 Å². The summed E-state index contributed by atoms with van der Waals surface area (Å²) in [7, 11) is 0. The Bertz CT molecular complexity index is 371. The highest BCUT2D eigenvalue weighted by atomic mass is 19.1. The molecule has 0 fully saturated rings. The maximum Gasteiger partial charge on any atom is 0.314 e. The highest BCUT2D eigenvalue weighted by Gasteiger charge is 2.30. The molecule has 0 bridgehead atoms. The van der Waals surface area contributed by atoms with E-state index >= 15 is 0 Å². The molecule has 1 aromatic carbocycles. The molecule has 0 unspecified atom stereocenters. The monoisotopic (exact) mass is 240 g/mol. The second-order valence-corrected chi connectivity index (χ2v) is 4.35. The van der Waals surface area contributed by atoms with Gasteiger partial charge in [-0.25, -0.2) is 4.39 Å². The van der Waals surface area contributed by atoms with Crippen molar-refractivity contribution in [1.82, 2.24) is 0 Å². The summed E-state index contributed by atoms with van der Waals surface area (Å²) in [5, 5.41) is 0. The molecular weight excluding hydrogens is 223 g/mol. The molecule has 0 aromatic heterocycles. The molecule has 0 spiro atoms. The van der Waals surface area contributed by atoms with Crippen molar-refractivity contribution in [2.24, 2.45) is 5.41 Å². The zero-order chi connectivity index (χ0) is 12.9. The van der Waals surface area contributed by atoms with Crippen molar-refractivity contribution < 1.29 is 18.7 Å². The maximum absolute atomic E-state index is 12.7. The average Bonchev–Trinajstić information content (AvgIpc) is 2.29. The van der Waals surface area contributed by atoms with Crippen LogP contribution >= 0.6 is 0 Å². The molecule has 0 radical (unpaired) electrons. The van der Waals surface area contributed by atoms with Gasteiger partial charge in [-0.15, -0.1) is 0 Å². The van der Waals surface area contributed by atoms with Gasteiger partial charge in [-0.05, 0) is 45.0 Å². The lowest BCUT2D eigenvalue weighted by molar-refractivity contribution is -0.155. The van der Waals surface area contributed by atoms with Gasteiger partial charge in [0.1, 0.15) is 18.2 Å². The van der Waals surface area contributed by atoms with Crippen molar-refractivity contribution in [3.05, 3.63) is 30.1 Å². The number of esters is 1. The molecule has 0 saturated heterocycles. The molecule has 0 saturated carbocycles. The van der Waals surface area contributed by atoms with Gasteiger partial charge >= 0.3 is 5.97 Å². The Kier molecular flexibility index (Phi) is 4.49. The van der Waals surface area contributed by atoms with Gasteiger partial charge in [-0.1, -0.05) is 0 Å². The quantitative estimate of drug-likeness (QED) is 0.742. The Hall–Kier alpha value is -1.58. The molecule has 0 heterocycles. The van der Waals surface area contributed by atoms with E-state index in [4.69, 9.17) is 9.47 Å². The third kappa shape index (κ3) is 4.06. The molecule has 0 atom stereocenters. The average molecular weight is 240 g/mol. The van der Waals surface area contributed by atoms with Gasteiger partial charge in [-0.2, -0.15) is 0 Å². The smallest absolute Gasteiger partial charge is 0.314 e. The number of carbonyl (C=O) groups excluding carboxylic acids is 1. The van der Waals surface area contributed by atoms with Crippen LogP contribution in [0.4, 0.5) is 4.39 Å². The SMILES string of the molecule is CCOC(=O)C(C)(C)COc1ccc(F)cc1. The first-order valence-electron chi connectivity index (χ1n) is 5.51. The van der Waals surface area contributed by atoms with Crippen LogP contribution in [0.3, 0.4) is 0 Å². The van der Waals surface area contributed by atoms with E-state index in [1.54, 1.807) is 20.8 Å². The van der Waals surface area contributed by atoms with Crippen molar-refractivity contribution in [2.75, 3.05) is 13.2 Å². The zero-order valence-electron chi connectivity index (χ0n) is 10.3. The van der Waals surface area contributed by atoms with E-state index in [0.717, 1.165) is 0 Å². The number of rotatable bonds is 5. The van der Waals surface area contributed by atoms with Crippen LogP contribution in [-0.4, -0.2) is 19.2 Å². The summed E-state index contributed by atoms with van der Waals surface area (Å²) in [5.41, 5.74) is -0.718. The van der Waals surface area contributed by atoms with E-state index in [2.05, 4.69) is 0 Å². The lowest BCUT2D eigenvalue weighted by Crippen LogP contribution is -2.32. The molecule has 1 aromatic rings. The minimum absolute atomic E-state index is 0.192. The lowest BCUT2D eigenvalue weighted by Gasteiger charge is -2.22. The van der Waals surface area contributed by atoms with Gasteiger partial charge in [0.25, 0.3) is 0 Å². The van der Waals surface area contributed by atoms with E-state index in [9.17, 15) is 9.18 Å². The number of carbonyl (C=O) groups is 1. The van der Waals surface area contributed by atoms with E-state index in [-0.39, 0.29) is 18.4 Å². The van der Waals surface area contributed by atoms with Crippen molar-refractivity contribution >= 4 is 5.97 Å². The summed E-state index contributed by atoms with van der Waals surface area (Å²) in [4.78, 5) is 11.6. The molecule has 0 aliphatic rings. The molecule has 0 aliphatic carbocycles. The Labute approximate surface area is 101 Å². The molecule has 4 heteroatoms. The zero-order valence-corrected chi connectivity index (χ0v) is 10.3. The standard InChI is InChI=1S/C13H17FO3/c1-4-16-12(15)13(2,3)9-17-11-7-5-10(14)6-8-11/h5-8H,4,9H2,1-3H3. The van der Waals surface area contributed by atoms with E-state index in [1.807, 2.05) is 0 Å². The Morgan fingerprint density at radius 1 is 1.29 bits per heavy atom. The van der Waals surface area contributed by atoms with Gasteiger partial charge in [0.2, 0.25) is 0 Å². The first kappa shape index (κ1) is 13.5. The number of hydrogen-bond donors (Lipinski definition) is 0. The Morgan fingerprint density at radius 3 is 2.41 bits per heavy atom. The van der Waals surface area contributed by atoms with Crippen LogP contribution in [0.25, 0.3) is 0 Å². The van der Waals surface area contributed by atoms with Crippen molar-refractivity contribution in [2.45, 2.75) is 20.8 Å². The highest BCUT2D eigenvalue weighted by Crippen LogP contribution is 2.20. The van der Waals surface area contributed by atoms with Gasteiger partial charge in [-0.3, -0.25) is 4.79 Å². The third-order valence-electron chi connectivity index (χ3n) is 2.24. The number of halogens is 1. The molecule has 0 N–H and O–H groups in total. The van der Waals surface area contributed by atoms with Crippen LogP contribution in [0.1, 0.15) is 20.8 Å². The van der Waals surface area contributed by atoms with Crippen molar-refractivity contribution in [3.8, 4) is 5.75 Å². The second kappa shape index (κ2) is 5.66. The minimum atomic E-state index is -0.718. The topological polar surface area (TPSA) is 35.5 Å². The molecule has 17 heavy (non-hydrogen) atoms. The van der Waals surface area contributed by atoms with Gasteiger partial charge in [0, 0.05) is 0 Å². The lowest BCUT2D eigenvalue weighted by atomic mass is 9.95. The van der Waals surface area contributed by atoms with Crippen LogP contribution in [0.2, 0.25) is 0 Å². The fraction of sp³-hybridized carbons (Fsp3) is 0.462. The van der Waals surface area contributed by atoms with Crippen LogP contribution in [0.5, 0.6) is 5.75 Å². The Morgan fingerprint density at radius 2 is 1.88 bits per heavy atom. The third-order valence-corrected chi connectivity index (χ3v) is 2.24. The molecule has 1 rings (SSSR count). The molecule has 0 amide bonds. The van der Waals surface area contributed by atoms with Crippen LogP contribution < -0.4 is 4.74 Å².